The zero-order valence-electron chi connectivity index (χ0n) is 11.2. The summed E-state index contributed by atoms with van der Waals surface area (Å²) in [5.74, 6) is 0.933. The molecule has 2 rings (SSSR count). The van der Waals surface area contributed by atoms with Crippen molar-refractivity contribution in [2.24, 2.45) is 5.73 Å². The highest BCUT2D eigenvalue weighted by molar-refractivity contribution is 7.09. The van der Waals surface area contributed by atoms with Crippen molar-refractivity contribution in [1.29, 1.82) is 0 Å². The maximum Gasteiger partial charge on any atom is 0.202 e. The Hall–Kier alpha value is -1.46. The summed E-state index contributed by atoms with van der Waals surface area (Å²) in [6, 6.07) is 10.2. The van der Waals surface area contributed by atoms with Gasteiger partial charge in [0.2, 0.25) is 5.13 Å². The van der Waals surface area contributed by atoms with Gasteiger partial charge in [0.25, 0.3) is 0 Å². The molecule has 19 heavy (non-hydrogen) atoms. The fraction of sp³-hybridized carbons (Fsp3) is 0.429. The van der Waals surface area contributed by atoms with Crippen LogP contribution in [0, 0.1) is 0 Å². The fourth-order valence-corrected chi connectivity index (χ4v) is 2.49. The third-order valence-corrected chi connectivity index (χ3v) is 3.61. The molecule has 0 bridgehead atoms. The molecule has 3 N–H and O–H groups in total. The molecule has 1 aromatic heterocycles. The van der Waals surface area contributed by atoms with Crippen molar-refractivity contribution in [3.63, 3.8) is 0 Å². The van der Waals surface area contributed by atoms with Crippen LogP contribution in [0.5, 0.6) is 0 Å². The van der Waals surface area contributed by atoms with Gasteiger partial charge < -0.3 is 11.1 Å². The van der Waals surface area contributed by atoms with E-state index in [0.717, 1.165) is 36.8 Å². The van der Waals surface area contributed by atoms with E-state index in [9.17, 15) is 0 Å². The average Bonchev–Trinajstić information content (AvgIpc) is 2.88. The summed E-state index contributed by atoms with van der Waals surface area (Å²) in [5.41, 5.74) is 7.31. The Kier molecular flexibility index (Phi) is 5.30. The van der Waals surface area contributed by atoms with Crippen LogP contribution < -0.4 is 11.1 Å². The minimum atomic E-state index is 0.0664. The maximum absolute atomic E-state index is 6.14. The van der Waals surface area contributed by atoms with Gasteiger partial charge in [-0.3, -0.25) is 0 Å². The summed E-state index contributed by atoms with van der Waals surface area (Å²) in [5, 5.41) is 4.18. The summed E-state index contributed by atoms with van der Waals surface area (Å²) in [4.78, 5) is 4.43. The van der Waals surface area contributed by atoms with E-state index in [4.69, 9.17) is 5.73 Å². The second-order valence-corrected chi connectivity index (χ2v) is 5.25. The molecule has 5 heteroatoms. The van der Waals surface area contributed by atoms with E-state index < -0.39 is 0 Å². The van der Waals surface area contributed by atoms with E-state index >= 15 is 0 Å². The van der Waals surface area contributed by atoms with Gasteiger partial charge in [0.15, 0.2) is 0 Å². The van der Waals surface area contributed by atoms with Gasteiger partial charge in [-0.25, -0.2) is 4.98 Å². The van der Waals surface area contributed by atoms with Crippen molar-refractivity contribution in [3.05, 3.63) is 41.7 Å². The highest BCUT2D eigenvalue weighted by Crippen LogP contribution is 2.15. The Labute approximate surface area is 118 Å². The number of nitrogens with one attached hydrogen (secondary N) is 1. The van der Waals surface area contributed by atoms with Crippen molar-refractivity contribution in [2.75, 3.05) is 11.9 Å². The van der Waals surface area contributed by atoms with Gasteiger partial charge >= 0.3 is 0 Å². The number of aryl methyl sites for hydroxylation is 1. The number of hydrogen-bond donors (Lipinski definition) is 2. The molecule has 0 spiro atoms. The third kappa shape index (κ3) is 4.29. The monoisotopic (exact) mass is 276 g/mol. The number of anilines is 1. The Bertz CT molecular complexity index is 483. The molecule has 0 fully saturated rings. The molecular weight excluding hydrogens is 256 g/mol. The van der Waals surface area contributed by atoms with Crippen LogP contribution in [0.25, 0.3) is 0 Å². The molecule has 0 saturated heterocycles. The summed E-state index contributed by atoms with van der Waals surface area (Å²) in [7, 11) is 0. The zero-order valence-corrected chi connectivity index (χ0v) is 12.0. The van der Waals surface area contributed by atoms with Gasteiger partial charge in [0.05, 0.1) is 0 Å². The van der Waals surface area contributed by atoms with E-state index in [-0.39, 0.29) is 6.04 Å². The summed E-state index contributed by atoms with van der Waals surface area (Å²) in [6.07, 6.45) is 2.91. The van der Waals surface area contributed by atoms with Crippen molar-refractivity contribution in [3.8, 4) is 0 Å². The molecule has 102 valence electrons. The third-order valence-electron chi connectivity index (χ3n) is 2.90. The number of aromatic nitrogens is 2. The average molecular weight is 276 g/mol. The van der Waals surface area contributed by atoms with Gasteiger partial charge in [-0.15, -0.1) is 0 Å². The van der Waals surface area contributed by atoms with Crippen LogP contribution in [0.4, 0.5) is 5.13 Å². The molecular formula is C14H20N4S. The highest BCUT2D eigenvalue weighted by atomic mass is 32.1. The molecule has 4 nitrogen and oxygen atoms in total. The Morgan fingerprint density at radius 3 is 2.84 bits per heavy atom. The Balaban J connectivity index is 1.76. The van der Waals surface area contributed by atoms with Crippen molar-refractivity contribution in [1.82, 2.24) is 9.36 Å². The number of nitrogens with zero attached hydrogens (tertiary/aromatic N) is 2. The van der Waals surface area contributed by atoms with E-state index in [2.05, 4.69) is 33.7 Å². The number of hydrogen-bond acceptors (Lipinski definition) is 5. The lowest BCUT2D eigenvalue weighted by Crippen LogP contribution is -2.15. The standard InChI is InChI=1S/C14H20N4S/c1-2-6-13-17-14(19-18-13)16-10-9-12(15)11-7-4-3-5-8-11/h3-5,7-8,12H,2,6,9-10,15H2,1H3,(H,16,17,18). The molecule has 0 aliphatic carbocycles. The van der Waals surface area contributed by atoms with E-state index in [0.29, 0.717) is 0 Å². The molecule has 1 aromatic carbocycles. The topological polar surface area (TPSA) is 63.8 Å². The Morgan fingerprint density at radius 1 is 1.32 bits per heavy atom. The quantitative estimate of drug-likeness (QED) is 0.816. The van der Waals surface area contributed by atoms with Crippen molar-refractivity contribution in [2.45, 2.75) is 32.2 Å². The maximum atomic E-state index is 6.14. The zero-order chi connectivity index (χ0) is 13.5. The highest BCUT2D eigenvalue weighted by Gasteiger charge is 2.06. The first-order valence-corrected chi connectivity index (χ1v) is 7.44. The van der Waals surface area contributed by atoms with Gasteiger partial charge in [-0.1, -0.05) is 37.3 Å². The second-order valence-electron chi connectivity index (χ2n) is 4.50. The first-order chi connectivity index (χ1) is 9.29. The van der Waals surface area contributed by atoms with Gasteiger partial charge in [0.1, 0.15) is 5.82 Å². The molecule has 0 amide bonds. The van der Waals surface area contributed by atoms with Crippen LogP contribution in [-0.2, 0) is 6.42 Å². The molecule has 1 unspecified atom stereocenters. The van der Waals surface area contributed by atoms with E-state index in [1.54, 1.807) is 0 Å². The summed E-state index contributed by atoms with van der Waals surface area (Å²) < 4.78 is 4.30. The summed E-state index contributed by atoms with van der Waals surface area (Å²) >= 11 is 1.42. The number of rotatable bonds is 7. The van der Waals surface area contributed by atoms with Crippen LogP contribution in [0.2, 0.25) is 0 Å². The lowest BCUT2D eigenvalue weighted by Gasteiger charge is -2.11. The molecule has 0 saturated carbocycles. The number of benzene rings is 1. The first-order valence-electron chi connectivity index (χ1n) is 6.66. The minimum Gasteiger partial charge on any atom is -0.360 e. The lowest BCUT2D eigenvalue weighted by atomic mass is 10.1. The Morgan fingerprint density at radius 2 is 2.11 bits per heavy atom. The van der Waals surface area contributed by atoms with Crippen LogP contribution in [0.3, 0.4) is 0 Å². The van der Waals surface area contributed by atoms with Crippen LogP contribution in [0.1, 0.15) is 37.2 Å². The molecule has 0 aliphatic heterocycles. The van der Waals surface area contributed by atoms with Gasteiger partial charge in [0, 0.05) is 30.5 Å². The van der Waals surface area contributed by atoms with Crippen LogP contribution in [-0.4, -0.2) is 15.9 Å². The fourth-order valence-electron chi connectivity index (χ4n) is 1.85. The normalized spacial score (nSPS) is 12.3. The molecule has 1 heterocycles. The predicted molar refractivity (Wildman–Crippen MR) is 80.4 cm³/mol. The molecule has 0 radical (unpaired) electrons. The number of nitrogens with two attached hydrogens (primary N) is 1. The SMILES string of the molecule is CCCc1nsc(NCCC(N)c2ccccc2)n1. The van der Waals surface area contributed by atoms with Gasteiger partial charge in [-0.2, -0.15) is 4.37 Å². The van der Waals surface area contributed by atoms with Crippen LogP contribution >= 0.6 is 11.5 Å². The van der Waals surface area contributed by atoms with Crippen LogP contribution in [0.15, 0.2) is 30.3 Å². The van der Waals surface area contributed by atoms with E-state index in [1.165, 1.54) is 17.1 Å². The van der Waals surface area contributed by atoms with Crippen molar-refractivity contribution < 1.29 is 0 Å². The predicted octanol–water partition coefficient (Wildman–Crippen LogP) is 2.99. The smallest absolute Gasteiger partial charge is 0.202 e. The second kappa shape index (κ2) is 7.21. The van der Waals surface area contributed by atoms with E-state index in [1.807, 2.05) is 18.2 Å². The summed E-state index contributed by atoms with van der Waals surface area (Å²) in [6.45, 7) is 2.95. The lowest BCUT2D eigenvalue weighted by molar-refractivity contribution is 0.675. The largest absolute Gasteiger partial charge is 0.360 e. The molecule has 0 aliphatic rings. The van der Waals surface area contributed by atoms with Gasteiger partial charge in [-0.05, 0) is 18.4 Å². The molecule has 2 aromatic rings. The van der Waals surface area contributed by atoms with Crippen molar-refractivity contribution >= 4 is 16.7 Å². The minimum absolute atomic E-state index is 0.0664. The first kappa shape index (κ1) is 14.0. The molecule has 1 atom stereocenters.